The highest BCUT2D eigenvalue weighted by Crippen LogP contribution is 2.38. The lowest BCUT2D eigenvalue weighted by Crippen LogP contribution is -2.12. The lowest BCUT2D eigenvalue weighted by Gasteiger charge is -2.08. The van der Waals surface area contributed by atoms with Crippen LogP contribution in [0.3, 0.4) is 0 Å². The van der Waals surface area contributed by atoms with Gasteiger partial charge in [0.1, 0.15) is 5.92 Å². The Labute approximate surface area is 155 Å². The van der Waals surface area contributed by atoms with Gasteiger partial charge in [-0.1, -0.05) is 23.7 Å². The SMILES string of the molecule is CCOC(=O)c1cccc(C(=O)c2cc(Cl)c3n2CCC3C(=O)OC)c1. The van der Waals surface area contributed by atoms with Crippen LogP contribution in [0.15, 0.2) is 30.3 Å². The van der Waals surface area contributed by atoms with Gasteiger partial charge in [0.2, 0.25) is 5.78 Å². The normalized spacial score (nSPS) is 15.4. The van der Waals surface area contributed by atoms with Crippen LogP contribution < -0.4 is 0 Å². The third-order valence-electron chi connectivity index (χ3n) is 4.42. The molecule has 0 saturated carbocycles. The van der Waals surface area contributed by atoms with Crippen molar-refractivity contribution in [1.82, 2.24) is 4.57 Å². The van der Waals surface area contributed by atoms with Gasteiger partial charge in [-0.3, -0.25) is 9.59 Å². The lowest BCUT2D eigenvalue weighted by atomic mass is 10.0. The Hall–Kier alpha value is -2.60. The van der Waals surface area contributed by atoms with Gasteiger partial charge in [0.05, 0.1) is 35.7 Å². The van der Waals surface area contributed by atoms with Gasteiger partial charge in [-0.05, 0) is 31.5 Å². The van der Waals surface area contributed by atoms with Crippen molar-refractivity contribution < 1.29 is 23.9 Å². The van der Waals surface area contributed by atoms with E-state index in [1.54, 1.807) is 35.8 Å². The number of hydrogen-bond donors (Lipinski definition) is 0. The molecule has 0 amide bonds. The Bertz CT molecular complexity index is 886. The molecule has 1 aromatic carbocycles. The number of ketones is 1. The molecule has 0 aliphatic carbocycles. The average molecular weight is 376 g/mol. The summed E-state index contributed by atoms with van der Waals surface area (Å²) in [7, 11) is 1.33. The van der Waals surface area contributed by atoms with Crippen LogP contribution in [-0.2, 0) is 20.8 Å². The second-order valence-corrected chi connectivity index (χ2v) is 6.32. The van der Waals surface area contributed by atoms with Crippen molar-refractivity contribution >= 4 is 29.3 Å². The minimum atomic E-state index is -0.480. The largest absolute Gasteiger partial charge is 0.469 e. The molecule has 0 fully saturated rings. The molecule has 2 heterocycles. The fourth-order valence-electron chi connectivity index (χ4n) is 3.23. The number of benzene rings is 1. The van der Waals surface area contributed by atoms with Crippen LogP contribution in [0.25, 0.3) is 0 Å². The maximum absolute atomic E-state index is 13.0. The van der Waals surface area contributed by atoms with E-state index in [1.165, 1.54) is 13.2 Å². The van der Waals surface area contributed by atoms with Crippen molar-refractivity contribution in [3.05, 3.63) is 57.9 Å². The van der Waals surface area contributed by atoms with Crippen molar-refractivity contribution in [1.29, 1.82) is 0 Å². The highest BCUT2D eigenvalue weighted by Gasteiger charge is 2.35. The minimum absolute atomic E-state index is 0.258. The molecule has 0 spiro atoms. The molecule has 2 aromatic rings. The number of carbonyl (C=O) groups excluding carboxylic acids is 3. The van der Waals surface area contributed by atoms with Crippen molar-refractivity contribution in [2.75, 3.05) is 13.7 Å². The van der Waals surface area contributed by atoms with Crippen LogP contribution in [0.1, 0.15) is 51.4 Å². The maximum atomic E-state index is 13.0. The second-order valence-electron chi connectivity index (χ2n) is 5.91. The molecule has 1 unspecified atom stereocenters. The second kappa shape index (κ2) is 7.33. The highest BCUT2D eigenvalue weighted by atomic mass is 35.5. The molecule has 1 aromatic heterocycles. The Morgan fingerprint density at radius 3 is 2.65 bits per heavy atom. The molecule has 1 aliphatic rings. The summed E-state index contributed by atoms with van der Waals surface area (Å²) >= 11 is 6.29. The van der Waals surface area contributed by atoms with Crippen LogP contribution >= 0.6 is 11.6 Å². The predicted molar refractivity (Wildman–Crippen MR) is 94.6 cm³/mol. The predicted octanol–water partition coefficient (Wildman–Crippen LogP) is 3.21. The first-order valence-corrected chi connectivity index (χ1v) is 8.64. The van der Waals surface area contributed by atoms with Gasteiger partial charge in [-0.2, -0.15) is 0 Å². The highest BCUT2D eigenvalue weighted by molar-refractivity contribution is 6.32. The van der Waals surface area contributed by atoms with Crippen molar-refractivity contribution in [2.24, 2.45) is 0 Å². The van der Waals surface area contributed by atoms with E-state index in [-0.39, 0.29) is 18.4 Å². The van der Waals surface area contributed by atoms with E-state index in [4.69, 9.17) is 21.1 Å². The smallest absolute Gasteiger partial charge is 0.338 e. The van der Waals surface area contributed by atoms with E-state index in [2.05, 4.69) is 0 Å². The van der Waals surface area contributed by atoms with Gasteiger partial charge < -0.3 is 14.0 Å². The van der Waals surface area contributed by atoms with Crippen molar-refractivity contribution in [2.45, 2.75) is 25.8 Å². The number of rotatable bonds is 5. The van der Waals surface area contributed by atoms with E-state index in [0.29, 0.717) is 40.5 Å². The molecule has 0 saturated heterocycles. The Balaban J connectivity index is 1.96. The Kier molecular flexibility index (Phi) is 5.13. The molecule has 1 atom stereocenters. The number of methoxy groups -OCH3 is 1. The van der Waals surface area contributed by atoms with Gasteiger partial charge >= 0.3 is 11.9 Å². The first kappa shape index (κ1) is 18.2. The zero-order valence-electron chi connectivity index (χ0n) is 14.5. The maximum Gasteiger partial charge on any atom is 0.338 e. The number of nitrogens with zero attached hydrogens (tertiary/aromatic N) is 1. The molecule has 136 valence electrons. The summed E-state index contributed by atoms with van der Waals surface area (Å²) in [6, 6.07) is 7.92. The molecule has 1 aliphatic heterocycles. The minimum Gasteiger partial charge on any atom is -0.469 e. The van der Waals surface area contributed by atoms with Gasteiger partial charge in [-0.25, -0.2) is 4.79 Å². The Morgan fingerprint density at radius 2 is 1.96 bits per heavy atom. The first-order valence-electron chi connectivity index (χ1n) is 8.26. The number of aromatic nitrogens is 1. The zero-order chi connectivity index (χ0) is 18.8. The number of ether oxygens (including phenoxy) is 2. The van der Waals surface area contributed by atoms with Crippen LogP contribution in [0, 0.1) is 0 Å². The molecule has 0 N–H and O–H groups in total. The molecular formula is C19H18ClNO5. The van der Waals surface area contributed by atoms with Gasteiger partial charge in [0.15, 0.2) is 0 Å². The van der Waals surface area contributed by atoms with E-state index < -0.39 is 11.9 Å². The third kappa shape index (κ3) is 3.12. The summed E-state index contributed by atoms with van der Waals surface area (Å²) in [5.74, 6) is -1.59. The quantitative estimate of drug-likeness (QED) is 0.592. The molecular weight excluding hydrogens is 358 g/mol. The third-order valence-corrected chi connectivity index (χ3v) is 4.72. The molecule has 3 rings (SSSR count). The Morgan fingerprint density at radius 1 is 1.23 bits per heavy atom. The molecule has 0 bridgehead atoms. The first-order chi connectivity index (χ1) is 12.5. The summed E-state index contributed by atoms with van der Waals surface area (Å²) in [5, 5.41) is 0.364. The standard InChI is InChI=1S/C19H18ClNO5/c1-3-26-18(23)12-6-4-5-11(9-12)17(22)15-10-14(20)16-13(19(24)25-2)7-8-21(15)16/h4-6,9-10,13H,3,7-8H2,1-2H3. The van der Waals surface area contributed by atoms with Crippen molar-refractivity contribution in [3.63, 3.8) is 0 Å². The van der Waals surface area contributed by atoms with E-state index >= 15 is 0 Å². The number of fused-ring (bicyclic) bond motifs is 1. The summed E-state index contributed by atoms with van der Waals surface area (Å²) < 4.78 is 11.5. The van der Waals surface area contributed by atoms with Crippen LogP contribution in [0.5, 0.6) is 0 Å². The van der Waals surface area contributed by atoms with Crippen LogP contribution in [0.2, 0.25) is 5.02 Å². The summed E-state index contributed by atoms with van der Waals surface area (Å²) in [5.41, 5.74) is 1.65. The monoisotopic (exact) mass is 375 g/mol. The topological polar surface area (TPSA) is 74.6 Å². The summed E-state index contributed by atoms with van der Waals surface area (Å²) in [6.07, 6.45) is 0.533. The fraction of sp³-hybridized carbons (Fsp3) is 0.316. The fourth-order valence-corrected chi connectivity index (χ4v) is 3.57. The molecule has 0 radical (unpaired) electrons. The average Bonchev–Trinajstić information content (AvgIpc) is 3.22. The van der Waals surface area contributed by atoms with Gasteiger partial charge in [-0.15, -0.1) is 0 Å². The van der Waals surface area contributed by atoms with Crippen LogP contribution in [-0.4, -0.2) is 36.0 Å². The number of hydrogen-bond acceptors (Lipinski definition) is 5. The summed E-state index contributed by atoms with van der Waals surface area (Å²) in [6.45, 7) is 2.48. The number of carbonyl (C=O) groups is 3. The number of halogens is 1. The molecule has 7 heteroatoms. The van der Waals surface area contributed by atoms with E-state index in [1.807, 2.05) is 0 Å². The lowest BCUT2D eigenvalue weighted by molar-refractivity contribution is -0.142. The molecule has 6 nitrogen and oxygen atoms in total. The van der Waals surface area contributed by atoms with Crippen LogP contribution in [0.4, 0.5) is 0 Å². The van der Waals surface area contributed by atoms with E-state index in [0.717, 1.165) is 0 Å². The van der Waals surface area contributed by atoms with Crippen molar-refractivity contribution in [3.8, 4) is 0 Å². The number of esters is 2. The zero-order valence-corrected chi connectivity index (χ0v) is 15.2. The summed E-state index contributed by atoms with van der Waals surface area (Å²) in [4.78, 5) is 36.8. The molecule has 26 heavy (non-hydrogen) atoms. The van der Waals surface area contributed by atoms with Gasteiger partial charge in [0, 0.05) is 12.1 Å². The van der Waals surface area contributed by atoms with Gasteiger partial charge in [0.25, 0.3) is 0 Å². The van der Waals surface area contributed by atoms with E-state index in [9.17, 15) is 14.4 Å².